The molecule has 0 bridgehead atoms. The molecular weight excluding hydrogens is 270 g/mol. The van der Waals surface area contributed by atoms with Crippen LogP contribution in [0.3, 0.4) is 0 Å². The Kier molecular flexibility index (Phi) is 3.88. The number of ether oxygens (including phenoxy) is 1. The number of hydrogen-bond donors (Lipinski definition) is 2. The Labute approximate surface area is 123 Å². The van der Waals surface area contributed by atoms with Crippen molar-refractivity contribution in [1.29, 1.82) is 0 Å². The zero-order chi connectivity index (χ0) is 15.6. The number of nitrogens with one attached hydrogen (secondary N) is 1. The van der Waals surface area contributed by atoms with E-state index in [0.717, 1.165) is 11.1 Å². The number of nitrogens with zero attached hydrogens (tertiary/aromatic N) is 1. The van der Waals surface area contributed by atoms with Crippen LogP contribution in [0.15, 0.2) is 28.8 Å². The lowest BCUT2D eigenvalue weighted by Gasteiger charge is -2.20. The van der Waals surface area contributed by atoms with Crippen LogP contribution < -0.4 is 11.1 Å². The van der Waals surface area contributed by atoms with E-state index in [2.05, 4.69) is 10.5 Å². The zero-order valence-electron chi connectivity index (χ0n) is 12.6. The van der Waals surface area contributed by atoms with Gasteiger partial charge in [0.05, 0.1) is 0 Å². The van der Waals surface area contributed by atoms with Gasteiger partial charge in [0.15, 0.2) is 0 Å². The van der Waals surface area contributed by atoms with Gasteiger partial charge in [-0.15, -0.1) is 0 Å². The lowest BCUT2D eigenvalue weighted by Crippen LogP contribution is -2.27. The van der Waals surface area contributed by atoms with E-state index in [1.54, 1.807) is 12.1 Å². The van der Waals surface area contributed by atoms with Gasteiger partial charge in [-0.25, -0.2) is 4.79 Å². The van der Waals surface area contributed by atoms with Crippen LogP contribution >= 0.6 is 0 Å². The summed E-state index contributed by atoms with van der Waals surface area (Å²) in [5.74, 6) is 0.243. The SMILES string of the molecule is Cc1ccc(-c2cc(N)on2)cc1NC(=O)OC(C)(C)C. The van der Waals surface area contributed by atoms with Gasteiger partial charge in [-0.3, -0.25) is 5.32 Å². The summed E-state index contributed by atoms with van der Waals surface area (Å²) in [6.07, 6.45) is -0.498. The highest BCUT2D eigenvalue weighted by atomic mass is 16.6. The molecule has 1 heterocycles. The van der Waals surface area contributed by atoms with Gasteiger partial charge in [0.1, 0.15) is 11.3 Å². The summed E-state index contributed by atoms with van der Waals surface area (Å²) in [5, 5.41) is 6.58. The third-order valence-electron chi connectivity index (χ3n) is 2.70. The standard InChI is InChI=1S/C15H19N3O3/c1-9-5-6-10(12-8-13(16)21-18-12)7-11(9)17-14(19)20-15(2,3)4/h5-8H,16H2,1-4H3,(H,17,19). The van der Waals surface area contributed by atoms with E-state index < -0.39 is 11.7 Å². The van der Waals surface area contributed by atoms with Crippen molar-refractivity contribution in [3.05, 3.63) is 29.8 Å². The molecular formula is C15H19N3O3. The third-order valence-corrected chi connectivity index (χ3v) is 2.70. The summed E-state index contributed by atoms with van der Waals surface area (Å²) in [4.78, 5) is 11.8. The van der Waals surface area contributed by atoms with Gasteiger partial charge in [-0.05, 0) is 39.3 Å². The maximum atomic E-state index is 11.8. The van der Waals surface area contributed by atoms with Crippen LogP contribution in [0.5, 0.6) is 0 Å². The van der Waals surface area contributed by atoms with Gasteiger partial charge in [0.25, 0.3) is 0 Å². The van der Waals surface area contributed by atoms with Crippen LogP contribution in [0.4, 0.5) is 16.4 Å². The van der Waals surface area contributed by atoms with Crippen molar-refractivity contribution >= 4 is 17.7 Å². The molecule has 0 radical (unpaired) electrons. The molecule has 1 aromatic heterocycles. The molecule has 0 spiro atoms. The van der Waals surface area contributed by atoms with Gasteiger partial charge in [-0.1, -0.05) is 17.3 Å². The Balaban J connectivity index is 2.22. The highest BCUT2D eigenvalue weighted by Gasteiger charge is 2.17. The third kappa shape index (κ3) is 3.98. The number of anilines is 2. The second kappa shape index (κ2) is 5.47. The van der Waals surface area contributed by atoms with Gasteiger partial charge >= 0.3 is 6.09 Å². The molecule has 0 saturated heterocycles. The lowest BCUT2D eigenvalue weighted by atomic mass is 10.1. The largest absolute Gasteiger partial charge is 0.444 e. The lowest BCUT2D eigenvalue weighted by molar-refractivity contribution is 0.0636. The summed E-state index contributed by atoms with van der Waals surface area (Å²) < 4.78 is 10.1. The van der Waals surface area contributed by atoms with Crippen LogP contribution in [0.2, 0.25) is 0 Å². The van der Waals surface area contributed by atoms with Crippen LogP contribution in [0, 0.1) is 6.92 Å². The molecule has 0 aliphatic carbocycles. The van der Waals surface area contributed by atoms with E-state index in [1.165, 1.54) is 0 Å². The Morgan fingerprint density at radius 2 is 2.05 bits per heavy atom. The second-order valence-corrected chi connectivity index (χ2v) is 5.77. The first kappa shape index (κ1) is 14.9. The summed E-state index contributed by atoms with van der Waals surface area (Å²) in [7, 11) is 0. The summed E-state index contributed by atoms with van der Waals surface area (Å²) in [6.45, 7) is 7.34. The van der Waals surface area contributed by atoms with Gasteiger partial charge in [0.2, 0.25) is 5.88 Å². The topological polar surface area (TPSA) is 90.4 Å². The van der Waals surface area contributed by atoms with E-state index in [1.807, 2.05) is 39.8 Å². The minimum absolute atomic E-state index is 0.243. The van der Waals surface area contributed by atoms with Crippen LogP contribution in [0.25, 0.3) is 11.3 Å². The number of carbonyl (C=O) groups excluding carboxylic acids is 1. The number of nitrogen functional groups attached to an aromatic ring is 1. The Hall–Kier alpha value is -2.50. The fraction of sp³-hybridized carbons (Fsp3) is 0.333. The zero-order valence-corrected chi connectivity index (χ0v) is 12.6. The molecule has 0 aliphatic heterocycles. The molecule has 3 N–H and O–H groups in total. The maximum Gasteiger partial charge on any atom is 0.412 e. The second-order valence-electron chi connectivity index (χ2n) is 5.77. The molecule has 0 unspecified atom stereocenters. The monoisotopic (exact) mass is 289 g/mol. The van der Waals surface area contributed by atoms with Gasteiger partial charge in [-0.2, -0.15) is 0 Å². The Morgan fingerprint density at radius 1 is 1.33 bits per heavy atom. The molecule has 0 saturated carbocycles. The quantitative estimate of drug-likeness (QED) is 0.881. The molecule has 2 rings (SSSR count). The van der Waals surface area contributed by atoms with Crippen molar-refractivity contribution in [3.8, 4) is 11.3 Å². The fourth-order valence-electron chi connectivity index (χ4n) is 1.75. The molecule has 6 nitrogen and oxygen atoms in total. The van der Waals surface area contributed by atoms with Crippen molar-refractivity contribution in [2.24, 2.45) is 0 Å². The van der Waals surface area contributed by atoms with Crippen LogP contribution in [-0.2, 0) is 4.74 Å². The van der Waals surface area contributed by atoms with Gasteiger partial charge < -0.3 is 15.0 Å². The number of amides is 1. The number of benzene rings is 1. The smallest absolute Gasteiger partial charge is 0.412 e. The summed E-state index contributed by atoms with van der Waals surface area (Å²) in [6, 6.07) is 7.19. The Bertz CT molecular complexity index is 656. The van der Waals surface area contributed by atoms with E-state index >= 15 is 0 Å². The van der Waals surface area contributed by atoms with E-state index in [-0.39, 0.29) is 5.88 Å². The van der Waals surface area contributed by atoms with E-state index in [4.69, 9.17) is 15.0 Å². The minimum Gasteiger partial charge on any atom is -0.444 e. The van der Waals surface area contributed by atoms with Gasteiger partial charge in [0, 0.05) is 17.3 Å². The molecule has 0 fully saturated rings. The highest BCUT2D eigenvalue weighted by molar-refractivity contribution is 5.87. The summed E-state index contributed by atoms with van der Waals surface area (Å²) >= 11 is 0. The van der Waals surface area contributed by atoms with E-state index in [9.17, 15) is 4.79 Å². The van der Waals surface area contributed by atoms with Crippen molar-refractivity contribution in [1.82, 2.24) is 5.16 Å². The minimum atomic E-state index is -0.545. The van der Waals surface area contributed by atoms with Crippen molar-refractivity contribution < 1.29 is 14.1 Å². The number of nitrogens with two attached hydrogens (primary N) is 1. The summed E-state index contributed by atoms with van der Waals surface area (Å²) in [5.41, 5.74) is 7.95. The van der Waals surface area contributed by atoms with Crippen molar-refractivity contribution in [2.75, 3.05) is 11.1 Å². The predicted molar refractivity (Wildman–Crippen MR) is 80.9 cm³/mol. The molecule has 21 heavy (non-hydrogen) atoms. The normalized spacial score (nSPS) is 11.2. The molecule has 0 aliphatic rings. The molecule has 1 aromatic carbocycles. The average Bonchev–Trinajstić information content (AvgIpc) is 2.76. The number of hydrogen-bond acceptors (Lipinski definition) is 5. The molecule has 0 atom stereocenters. The first-order valence-corrected chi connectivity index (χ1v) is 6.58. The van der Waals surface area contributed by atoms with E-state index in [0.29, 0.717) is 11.4 Å². The molecule has 1 amide bonds. The Morgan fingerprint density at radius 3 is 2.62 bits per heavy atom. The number of aryl methyl sites for hydroxylation is 1. The number of aromatic nitrogens is 1. The molecule has 2 aromatic rings. The number of carbonyl (C=O) groups is 1. The first-order valence-electron chi connectivity index (χ1n) is 6.58. The highest BCUT2D eigenvalue weighted by Crippen LogP contribution is 2.26. The number of rotatable bonds is 2. The average molecular weight is 289 g/mol. The molecule has 112 valence electrons. The van der Waals surface area contributed by atoms with Crippen molar-refractivity contribution in [3.63, 3.8) is 0 Å². The van der Waals surface area contributed by atoms with Crippen LogP contribution in [-0.4, -0.2) is 16.9 Å². The first-order chi connectivity index (χ1) is 9.74. The molecule has 6 heteroatoms. The predicted octanol–water partition coefficient (Wildman–Crippen LogP) is 3.58. The fourth-order valence-corrected chi connectivity index (χ4v) is 1.75. The van der Waals surface area contributed by atoms with Crippen LogP contribution in [0.1, 0.15) is 26.3 Å². The maximum absolute atomic E-state index is 11.8. The van der Waals surface area contributed by atoms with Crippen molar-refractivity contribution in [2.45, 2.75) is 33.3 Å².